The number of aromatic amines is 1. The Labute approximate surface area is 174 Å². The zero-order valence-corrected chi connectivity index (χ0v) is 16.2. The van der Waals surface area contributed by atoms with E-state index in [-0.39, 0.29) is 16.8 Å². The second kappa shape index (κ2) is 7.82. The predicted octanol–water partition coefficient (Wildman–Crippen LogP) is 4.94. The van der Waals surface area contributed by atoms with Crippen LogP contribution in [0.15, 0.2) is 60.8 Å². The Morgan fingerprint density at radius 2 is 1.84 bits per heavy atom. The number of halogens is 4. The zero-order chi connectivity index (χ0) is 22.2. The fraction of sp³-hybridized carbons (Fsp3) is 0.136. The number of aryl methyl sites for hydroxylation is 1. The lowest BCUT2D eigenvalue weighted by molar-refractivity contribution is -0.137. The fourth-order valence-corrected chi connectivity index (χ4v) is 3.28. The number of hydrogen-bond acceptors (Lipinski definition) is 3. The smallest absolute Gasteiger partial charge is 0.342 e. The van der Waals surface area contributed by atoms with Gasteiger partial charge in [0.1, 0.15) is 17.3 Å². The van der Waals surface area contributed by atoms with Crippen molar-refractivity contribution < 1.29 is 22.4 Å². The minimum atomic E-state index is -4.51. The second-order valence-corrected chi connectivity index (χ2v) is 6.95. The maximum absolute atomic E-state index is 14.5. The van der Waals surface area contributed by atoms with E-state index in [4.69, 9.17) is 0 Å². The van der Waals surface area contributed by atoms with Crippen molar-refractivity contribution >= 4 is 16.9 Å². The summed E-state index contributed by atoms with van der Waals surface area (Å²) in [6, 6.07) is 10.5. The summed E-state index contributed by atoms with van der Waals surface area (Å²) in [5.74, 6) is -0.540. The summed E-state index contributed by atoms with van der Waals surface area (Å²) in [5, 5.41) is 2.68. The van der Waals surface area contributed by atoms with Gasteiger partial charge in [0.15, 0.2) is 0 Å². The van der Waals surface area contributed by atoms with Gasteiger partial charge in [0.05, 0.1) is 22.6 Å². The Morgan fingerprint density at radius 3 is 2.52 bits per heavy atom. The number of hydrogen-bond donors (Lipinski definition) is 2. The Balaban J connectivity index is 1.70. The normalized spacial score (nSPS) is 12.7. The molecule has 0 spiro atoms. The van der Waals surface area contributed by atoms with Crippen molar-refractivity contribution in [1.82, 2.24) is 20.3 Å². The highest BCUT2D eigenvalue weighted by atomic mass is 19.4. The van der Waals surface area contributed by atoms with Crippen molar-refractivity contribution in [2.45, 2.75) is 19.1 Å². The quantitative estimate of drug-likeness (QED) is 0.452. The first-order valence-electron chi connectivity index (χ1n) is 9.27. The van der Waals surface area contributed by atoms with Gasteiger partial charge >= 0.3 is 6.18 Å². The molecule has 2 heterocycles. The highest BCUT2D eigenvalue weighted by Crippen LogP contribution is 2.31. The molecule has 0 fully saturated rings. The first-order chi connectivity index (χ1) is 14.7. The lowest BCUT2D eigenvalue weighted by atomic mass is 10.00. The van der Waals surface area contributed by atoms with E-state index in [0.29, 0.717) is 16.9 Å². The molecule has 0 aliphatic carbocycles. The zero-order valence-electron chi connectivity index (χ0n) is 16.2. The monoisotopic (exact) mass is 428 g/mol. The van der Waals surface area contributed by atoms with Crippen LogP contribution in [0.5, 0.6) is 0 Å². The van der Waals surface area contributed by atoms with Crippen LogP contribution in [0, 0.1) is 12.7 Å². The van der Waals surface area contributed by atoms with Crippen molar-refractivity contribution in [2.24, 2.45) is 0 Å². The van der Waals surface area contributed by atoms with Crippen molar-refractivity contribution in [3.05, 3.63) is 94.8 Å². The molecule has 0 aliphatic rings. The van der Waals surface area contributed by atoms with E-state index < -0.39 is 29.5 Å². The van der Waals surface area contributed by atoms with Gasteiger partial charge in [-0.15, -0.1) is 0 Å². The first-order valence-corrected chi connectivity index (χ1v) is 9.27. The predicted molar refractivity (Wildman–Crippen MR) is 106 cm³/mol. The molecule has 9 heteroatoms. The van der Waals surface area contributed by atoms with Crippen LogP contribution < -0.4 is 5.32 Å². The van der Waals surface area contributed by atoms with Gasteiger partial charge in [-0.05, 0) is 55.0 Å². The number of H-pyrrole nitrogens is 1. The molecule has 0 unspecified atom stereocenters. The summed E-state index contributed by atoms with van der Waals surface area (Å²) in [4.78, 5) is 24.2. The summed E-state index contributed by atoms with van der Waals surface area (Å²) in [5.41, 5.74) is 0.933. The molecule has 2 aromatic heterocycles. The molecule has 5 nitrogen and oxygen atoms in total. The molecule has 4 rings (SSSR count). The molecule has 158 valence electrons. The molecule has 0 bridgehead atoms. The minimum Gasteiger partial charge on any atom is -0.342 e. The van der Waals surface area contributed by atoms with E-state index in [1.807, 2.05) is 0 Å². The topological polar surface area (TPSA) is 70.7 Å². The van der Waals surface area contributed by atoms with Crippen molar-refractivity contribution in [2.75, 3.05) is 0 Å². The average Bonchev–Trinajstić information content (AvgIpc) is 3.11. The maximum atomic E-state index is 14.5. The van der Waals surface area contributed by atoms with Crippen LogP contribution in [-0.2, 0) is 6.18 Å². The number of alkyl halides is 3. The van der Waals surface area contributed by atoms with Gasteiger partial charge in [-0.2, -0.15) is 13.2 Å². The standard InChI is InChI=1S/C22H16F4N4O/c1-12-28-17-9-6-14(11-18(17)29-12)21(31)30-19(20-16(23)3-2-10-27-20)13-4-7-15(8-5-13)22(24,25)26/h2-11,19H,1H3,(H,28,29)(H,30,31)/t19-/m0/s1. The van der Waals surface area contributed by atoms with E-state index in [0.717, 1.165) is 12.1 Å². The van der Waals surface area contributed by atoms with Crippen LogP contribution in [0.4, 0.5) is 17.6 Å². The molecule has 1 amide bonds. The summed E-state index contributed by atoms with van der Waals surface area (Å²) >= 11 is 0. The average molecular weight is 428 g/mol. The number of nitrogens with one attached hydrogen (secondary N) is 2. The van der Waals surface area contributed by atoms with Crippen molar-refractivity contribution in [3.63, 3.8) is 0 Å². The molecule has 2 aromatic carbocycles. The molecule has 0 saturated heterocycles. The summed E-state index contributed by atoms with van der Waals surface area (Å²) in [7, 11) is 0. The molecule has 0 saturated carbocycles. The summed E-state index contributed by atoms with van der Waals surface area (Å²) in [6.07, 6.45) is -3.16. The number of nitrogens with zero attached hydrogens (tertiary/aromatic N) is 2. The fourth-order valence-electron chi connectivity index (χ4n) is 3.28. The minimum absolute atomic E-state index is 0.103. The Bertz CT molecular complexity index is 1250. The molecule has 0 radical (unpaired) electrons. The Hall–Kier alpha value is -3.75. The maximum Gasteiger partial charge on any atom is 0.416 e. The van der Waals surface area contributed by atoms with Crippen LogP contribution in [-0.4, -0.2) is 20.9 Å². The van der Waals surface area contributed by atoms with Gasteiger partial charge in [-0.3, -0.25) is 9.78 Å². The third kappa shape index (κ3) is 4.25. The van der Waals surface area contributed by atoms with Crippen LogP contribution in [0.2, 0.25) is 0 Å². The van der Waals surface area contributed by atoms with Gasteiger partial charge in [0.25, 0.3) is 5.91 Å². The van der Waals surface area contributed by atoms with Gasteiger partial charge in [0.2, 0.25) is 0 Å². The first kappa shape index (κ1) is 20.5. The summed E-state index contributed by atoms with van der Waals surface area (Å²) < 4.78 is 53.2. The van der Waals surface area contributed by atoms with Crippen molar-refractivity contribution in [3.8, 4) is 0 Å². The molecular formula is C22H16F4N4O. The number of carbonyl (C=O) groups excluding carboxylic acids is 1. The van der Waals surface area contributed by atoms with E-state index in [1.54, 1.807) is 25.1 Å². The number of pyridine rings is 1. The molecule has 0 aliphatic heterocycles. The van der Waals surface area contributed by atoms with Gasteiger partial charge in [0, 0.05) is 11.8 Å². The van der Waals surface area contributed by atoms with Crippen molar-refractivity contribution in [1.29, 1.82) is 0 Å². The number of imidazole rings is 1. The molecule has 1 atom stereocenters. The number of rotatable bonds is 4. The van der Waals surface area contributed by atoms with E-state index in [2.05, 4.69) is 20.3 Å². The van der Waals surface area contributed by atoms with Crippen LogP contribution >= 0.6 is 0 Å². The molecule has 2 N–H and O–H groups in total. The third-order valence-electron chi connectivity index (χ3n) is 4.77. The third-order valence-corrected chi connectivity index (χ3v) is 4.77. The molecular weight excluding hydrogens is 412 g/mol. The lowest BCUT2D eigenvalue weighted by Crippen LogP contribution is -2.30. The van der Waals surface area contributed by atoms with Crippen LogP contribution in [0.25, 0.3) is 11.0 Å². The largest absolute Gasteiger partial charge is 0.416 e. The van der Waals surface area contributed by atoms with E-state index in [1.165, 1.54) is 30.5 Å². The van der Waals surface area contributed by atoms with Gasteiger partial charge in [-0.1, -0.05) is 12.1 Å². The summed E-state index contributed by atoms with van der Waals surface area (Å²) in [6.45, 7) is 1.78. The number of fused-ring (bicyclic) bond motifs is 1. The number of benzene rings is 2. The van der Waals surface area contributed by atoms with E-state index in [9.17, 15) is 22.4 Å². The lowest BCUT2D eigenvalue weighted by Gasteiger charge is -2.20. The Morgan fingerprint density at radius 1 is 1.10 bits per heavy atom. The van der Waals surface area contributed by atoms with Gasteiger partial charge in [-0.25, -0.2) is 9.37 Å². The van der Waals surface area contributed by atoms with Crippen LogP contribution in [0.1, 0.15) is 39.0 Å². The number of carbonyl (C=O) groups is 1. The Kier molecular flexibility index (Phi) is 5.18. The van der Waals surface area contributed by atoms with Gasteiger partial charge < -0.3 is 10.3 Å². The second-order valence-electron chi connectivity index (χ2n) is 6.95. The van der Waals surface area contributed by atoms with Crippen LogP contribution in [0.3, 0.4) is 0 Å². The number of aromatic nitrogens is 3. The number of amides is 1. The highest BCUT2D eigenvalue weighted by Gasteiger charge is 2.31. The molecule has 4 aromatic rings. The SMILES string of the molecule is Cc1nc2ccc(C(=O)N[C@@H](c3ccc(C(F)(F)F)cc3)c3ncccc3F)cc2[nH]1. The highest BCUT2D eigenvalue weighted by molar-refractivity contribution is 5.97. The molecule has 31 heavy (non-hydrogen) atoms. The van der Waals surface area contributed by atoms with E-state index >= 15 is 0 Å².